The molecular formula is C12H13NO3S. The van der Waals surface area contributed by atoms with Crippen LogP contribution >= 0.6 is 11.3 Å². The summed E-state index contributed by atoms with van der Waals surface area (Å²) in [6.07, 6.45) is -0.562. The van der Waals surface area contributed by atoms with Crippen molar-refractivity contribution < 1.29 is 14.3 Å². The third-order valence-corrected chi connectivity index (χ3v) is 3.39. The minimum Gasteiger partial charge on any atom is -0.349 e. The maximum Gasteiger partial charge on any atom is 0.217 e. The zero-order chi connectivity index (χ0) is 12.3. The van der Waals surface area contributed by atoms with Crippen LogP contribution < -0.4 is 0 Å². The number of rotatable bonds is 5. The monoisotopic (exact) mass is 251 g/mol. The minimum absolute atomic E-state index is 0.117. The van der Waals surface area contributed by atoms with Crippen molar-refractivity contribution in [3.05, 3.63) is 29.3 Å². The van der Waals surface area contributed by atoms with Crippen molar-refractivity contribution in [2.75, 3.05) is 14.2 Å². The van der Waals surface area contributed by atoms with Gasteiger partial charge < -0.3 is 9.47 Å². The number of aromatic nitrogens is 1. The highest BCUT2D eigenvalue weighted by Gasteiger charge is 2.18. The van der Waals surface area contributed by atoms with Gasteiger partial charge >= 0.3 is 0 Å². The Kier molecular flexibility index (Phi) is 3.83. The summed E-state index contributed by atoms with van der Waals surface area (Å²) in [6, 6.07) is 7.81. The van der Waals surface area contributed by atoms with Crippen molar-refractivity contribution in [2.24, 2.45) is 0 Å². The van der Waals surface area contributed by atoms with E-state index in [-0.39, 0.29) is 12.2 Å². The van der Waals surface area contributed by atoms with Crippen molar-refractivity contribution in [3.63, 3.8) is 0 Å². The second-order valence-corrected chi connectivity index (χ2v) is 4.64. The Morgan fingerprint density at radius 1 is 1.35 bits per heavy atom. The van der Waals surface area contributed by atoms with Crippen LogP contribution in [0.15, 0.2) is 24.3 Å². The lowest BCUT2D eigenvalue weighted by Gasteiger charge is -2.10. The van der Waals surface area contributed by atoms with Crippen LogP contribution in [-0.2, 0) is 20.7 Å². The summed E-state index contributed by atoms with van der Waals surface area (Å²) in [4.78, 5) is 16.2. The predicted molar refractivity (Wildman–Crippen MR) is 66.1 cm³/mol. The van der Waals surface area contributed by atoms with Crippen LogP contribution in [0.5, 0.6) is 0 Å². The molecule has 0 amide bonds. The molecule has 0 fully saturated rings. The Labute approximate surface area is 103 Å². The van der Waals surface area contributed by atoms with Crippen molar-refractivity contribution in [2.45, 2.75) is 12.7 Å². The van der Waals surface area contributed by atoms with E-state index in [1.54, 1.807) is 0 Å². The summed E-state index contributed by atoms with van der Waals surface area (Å²) in [5, 5.41) is 0.787. The van der Waals surface area contributed by atoms with Crippen LogP contribution in [-0.4, -0.2) is 31.3 Å². The van der Waals surface area contributed by atoms with Gasteiger partial charge in [-0.15, -0.1) is 11.3 Å². The molecule has 1 heterocycles. The Morgan fingerprint density at radius 2 is 2.06 bits per heavy atom. The first-order valence-corrected chi connectivity index (χ1v) is 5.99. The van der Waals surface area contributed by atoms with E-state index in [4.69, 9.17) is 9.47 Å². The van der Waals surface area contributed by atoms with E-state index in [9.17, 15) is 4.79 Å². The first-order valence-electron chi connectivity index (χ1n) is 5.17. The van der Waals surface area contributed by atoms with Crippen molar-refractivity contribution in [1.29, 1.82) is 0 Å². The SMILES string of the molecule is COC(OC)C(=O)Cc1nc2ccccc2s1. The number of benzene rings is 1. The second kappa shape index (κ2) is 5.35. The smallest absolute Gasteiger partial charge is 0.217 e. The number of hydrogen-bond donors (Lipinski definition) is 0. The number of thiazole rings is 1. The number of carbonyl (C=O) groups excluding carboxylic acids is 1. The van der Waals surface area contributed by atoms with E-state index in [1.165, 1.54) is 25.6 Å². The standard InChI is InChI=1S/C12H13NO3S/c1-15-12(16-2)9(14)7-11-13-8-5-3-4-6-10(8)17-11/h3-6,12H,7H2,1-2H3. The number of carbonyl (C=O) groups is 1. The third kappa shape index (κ3) is 2.69. The van der Waals surface area contributed by atoms with Gasteiger partial charge in [0.25, 0.3) is 0 Å². The summed E-state index contributed by atoms with van der Waals surface area (Å²) in [5.41, 5.74) is 0.923. The molecule has 0 bridgehead atoms. The van der Waals surface area contributed by atoms with Gasteiger partial charge in [-0.05, 0) is 12.1 Å². The number of ether oxygens (including phenoxy) is 2. The summed E-state index contributed by atoms with van der Waals surface area (Å²) in [6.45, 7) is 0. The minimum atomic E-state index is -0.804. The highest BCUT2D eigenvalue weighted by atomic mass is 32.1. The largest absolute Gasteiger partial charge is 0.349 e. The van der Waals surface area contributed by atoms with Crippen LogP contribution in [0.25, 0.3) is 10.2 Å². The average Bonchev–Trinajstić information content (AvgIpc) is 2.72. The van der Waals surface area contributed by atoms with Crippen molar-refractivity contribution >= 4 is 27.3 Å². The van der Waals surface area contributed by atoms with Crippen LogP contribution in [0.3, 0.4) is 0 Å². The summed E-state index contributed by atoms with van der Waals surface area (Å²) in [5.74, 6) is -0.117. The molecule has 1 aromatic heterocycles. The molecule has 5 heteroatoms. The van der Waals surface area contributed by atoms with Gasteiger partial charge in [0.1, 0.15) is 5.01 Å². The molecule has 0 spiro atoms. The fraction of sp³-hybridized carbons (Fsp3) is 0.333. The molecule has 2 rings (SSSR count). The summed E-state index contributed by atoms with van der Waals surface area (Å²) < 4.78 is 10.9. The number of Topliss-reactive ketones (excluding diaryl/α,β-unsaturated/α-hetero) is 1. The molecule has 0 saturated heterocycles. The van der Waals surface area contributed by atoms with Crippen molar-refractivity contribution in [1.82, 2.24) is 4.98 Å². The molecule has 0 N–H and O–H groups in total. The van der Waals surface area contributed by atoms with E-state index in [1.807, 2.05) is 24.3 Å². The molecular weight excluding hydrogens is 238 g/mol. The van der Waals surface area contributed by atoms with Gasteiger partial charge in [0.05, 0.1) is 16.6 Å². The zero-order valence-electron chi connectivity index (χ0n) is 9.67. The van der Waals surface area contributed by atoms with Gasteiger partial charge in [-0.1, -0.05) is 12.1 Å². The van der Waals surface area contributed by atoms with Gasteiger partial charge in [0.2, 0.25) is 6.29 Å². The zero-order valence-corrected chi connectivity index (χ0v) is 10.5. The van der Waals surface area contributed by atoms with E-state index in [0.29, 0.717) is 0 Å². The first kappa shape index (κ1) is 12.2. The number of fused-ring (bicyclic) bond motifs is 1. The first-order chi connectivity index (χ1) is 8.24. The van der Waals surface area contributed by atoms with Gasteiger partial charge in [-0.2, -0.15) is 0 Å². The predicted octanol–water partition coefficient (Wildman–Crippen LogP) is 2.03. The number of nitrogens with zero attached hydrogens (tertiary/aromatic N) is 1. The van der Waals surface area contributed by atoms with E-state index < -0.39 is 6.29 Å². The Hall–Kier alpha value is -1.30. The fourth-order valence-electron chi connectivity index (χ4n) is 1.59. The van der Waals surface area contributed by atoms with E-state index >= 15 is 0 Å². The maximum absolute atomic E-state index is 11.8. The molecule has 0 aliphatic rings. The Morgan fingerprint density at radius 3 is 2.71 bits per heavy atom. The molecule has 2 aromatic rings. The third-order valence-electron chi connectivity index (χ3n) is 2.35. The molecule has 0 saturated carbocycles. The van der Waals surface area contributed by atoms with E-state index in [0.717, 1.165) is 15.2 Å². The van der Waals surface area contributed by atoms with E-state index in [2.05, 4.69) is 4.98 Å². The van der Waals surface area contributed by atoms with Gasteiger partial charge in [0.15, 0.2) is 5.78 Å². The number of para-hydroxylation sites is 1. The fourth-order valence-corrected chi connectivity index (χ4v) is 2.56. The Balaban J connectivity index is 2.15. The quantitative estimate of drug-likeness (QED) is 0.763. The summed E-state index contributed by atoms with van der Waals surface area (Å²) >= 11 is 1.52. The topological polar surface area (TPSA) is 48.4 Å². The molecule has 0 unspecified atom stereocenters. The lowest BCUT2D eigenvalue weighted by Crippen LogP contribution is -2.26. The van der Waals surface area contributed by atoms with Crippen LogP contribution in [0.4, 0.5) is 0 Å². The maximum atomic E-state index is 11.8. The van der Waals surface area contributed by atoms with Crippen LogP contribution in [0.2, 0.25) is 0 Å². The van der Waals surface area contributed by atoms with Gasteiger partial charge in [-0.25, -0.2) is 4.98 Å². The molecule has 0 atom stereocenters. The lowest BCUT2D eigenvalue weighted by atomic mass is 10.3. The van der Waals surface area contributed by atoms with Gasteiger partial charge in [0, 0.05) is 14.2 Å². The second-order valence-electron chi connectivity index (χ2n) is 3.52. The Bertz CT molecular complexity index is 486. The van der Waals surface area contributed by atoms with Crippen LogP contribution in [0.1, 0.15) is 5.01 Å². The highest BCUT2D eigenvalue weighted by molar-refractivity contribution is 7.18. The highest BCUT2D eigenvalue weighted by Crippen LogP contribution is 2.22. The molecule has 17 heavy (non-hydrogen) atoms. The average molecular weight is 251 g/mol. The lowest BCUT2D eigenvalue weighted by molar-refractivity contribution is -0.155. The number of ketones is 1. The molecule has 0 radical (unpaired) electrons. The molecule has 1 aromatic carbocycles. The number of methoxy groups -OCH3 is 2. The molecule has 0 aliphatic carbocycles. The number of hydrogen-bond acceptors (Lipinski definition) is 5. The van der Waals surface area contributed by atoms with Crippen molar-refractivity contribution in [3.8, 4) is 0 Å². The normalized spacial score (nSPS) is 11.2. The molecule has 0 aliphatic heterocycles. The van der Waals surface area contributed by atoms with Gasteiger partial charge in [-0.3, -0.25) is 4.79 Å². The summed E-state index contributed by atoms with van der Waals surface area (Å²) in [7, 11) is 2.90. The molecule has 4 nitrogen and oxygen atoms in total. The van der Waals surface area contributed by atoms with Crippen LogP contribution in [0, 0.1) is 0 Å². The molecule has 90 valence electrons.